The van der Waals surface area contributed by atoms with Crippen LogP contribution in [-0.4, -0.2) is 17.2 Å². The topological polar surface area (TPSA) is 40.5 Å². The van der Waals surface area contributed by atoms with Crippen molar-refractivity contribution in [3.8, 4) is 0 Å². The van der Waals surface area contributed by atoms with Gasteiger partial charge in [-0.15, -0.1) is 11.3 Å². The first-order chi connectivity index (χ1) is 6.77. The number of thiophene rings is 1. The summed E-state index contributed by atoms with van der Waals surface area (Å²) >= 11 is 1.46. The average molecular weight is 206 g/mol. The largest absolute Gasteiger partial charge is 0.499 e. The van der Waals surface area contributed by atoms with Gasteiger partial charge in [-0.25, -0.2) is 0 Å². The minimum atomic E-state index is -1.34. The molecular weight excluding hydrogens is 195 g/mol. The Morgan fingerprint density at radius 2 is 2.14 bits per heavy atom. The molecule has 1 aromatic rings. The molecule has 4 heteroatoms. The fraction of sp³-hybridized carbons (Fsp3) is 0.200. The van der Waals surface area contributed by atoms with E-state index in [1.807, 2.05) is 18.2 Å². The minimum Gasteiger partial charge on any atom is -0.423 e. The zero-order valence-corrected chi connectivity index (χ0v) is 8.45. The summed E-state index contributed by atoms with van der Waals surface area (Å²) in [6, 6.07) is 3.74. The van der Waals surface area contributed by atoms with Crippen LogP contribution in [0.1, 0.15) is 17.2 Å². The van der Waals surface area contributed by atoms with Crippen molar-refractivity contribution in [1.82, 2.24) is 0 Å². The molecule has 0 radical (unpaired) electrons. The quantitative estimate of drug-likeness (QED) is 0.709. The lowest BCUT2D eigenvalue weighted by molar-refractivity contribution is 0.427. The Kier molecular flexibility index (Phi) is 2.86. The van der Waals surface area contributed by atoms with Gasteiger partial charge in [-0.3, -0.25) is 0 Å². The second-order valence-corrected chi connectivity index (χ2v) is 4.42. The Labute approximate surface area is 87.4 Å². The van der Waals surface area contributed by atoms with E-state index >= 15 is 0 Å². The lowest BCUT2D eigenvalue weighted by atomic mass is 9.89. The van der Waals surface area contributed by atoms with Crippen LogP contribution >= 0.6 is 11.3 Å². The van der Waals surface area contributed by atoms with Crippen LogP contribution in [-0.2, 0) is 0 Å². The first-order valence-electron chi connectivity index (χ1n) is 4.56. The second kappa shape index (κ2) is 4.13. The summed E-state index contributed by atoms with van der Waals surface area (Å²) in [5.41, 5.74) is 0. The molecule has 0 spiro atoms. The van der Waals surface area contributed by atoms with E-state index in [0.717, 1.165) is 6.42 Å². The number of hydrogen-bond acceptors (Lipinski definition) is 3. The predicted molar refractivity (Wildman–Crippen MR) is 59.8 cm³/mol. The molecule has 14 heavy (non-hydrogen) atoms. The lowest BCUT2D eigenvalue weighted by Gasteiger charge is -2.09. The molecule has 1 aromatic heterocycles. The van der Waals surface area contributed by atoms with E-state index in [1.54, 1.807) is 6.07 Å². The fourth-order valence-corrected chi connectivity index (χ4v) is 2.47. The Morgan fingerprint density at radius 3 is 2.71 bits per heavy atom. The predicted octanol–water partition coefficient (Wildman–Crippen LogP) is 1.03. The first-order valence-corrected chi connectivity index (χ1v) is 5.38. The molecular formula is C10H11BO2S. The number of allylic oxidation sites excluding steroid dienone is 4. The third-order valence-corrected chi connectivity index (χ3v) is 3.51. The molecule has 0 saturated carbocycles. The van der Waals surface area contributed by atoms with E-state index in [0.29, 0.717) is 10.7 Å². The number of hydrogen-bond donors (Lipinski definition) is 2. The summed E-state index contributed by atoms with van der Waals surface area (Å²) in [6.45, 7) is 0. The second-order valence-electron chi connectivity index (χ2n) is 3.27. The van der Waals surface area contributed by atoms with Crippen molar-refractivity contribution in [3.05, 3.63) is 41.3 Å². The molecule has 0 aromatic carbocycles. The van der Waals surface area contributed by atoms with Crippen molar-refractivity contribution >= 4 is 23.2 Å². The monoisotopic (exact) mass is 206 g/mol. The molecule has 0 aliphatic heterocycles. The van der Waals surface area contributed by atoms with Gasteiger partial charge in [0.25, 0.3) is 0 Å². The highest BCUT2D eigenvalue weighted by Gasteiger charge is 2.17. The SMILES string of the molecule is OB(O)c1ccc(C2C=CC=CC2)s1. The van der Waals surface area contributed by atoms with Crippen molar-refractivity contribution < 1.29 is 10.0 Å². The van der Waals surface area contributed by atoms with Crippen LogP contribution in [0.15, 0.2) is 36.4 Å². The van der Waals surface area contributed by atoms with E-state index in [9.17, 15) is 0 Å². The normalized spacial score (nSPS) is 20.0. The van der Waals surface area contributed by atoms with Crippen LogP contribution in [0.4, 0.5) is 0 Å². The third-order valence-electron chi connectivity index (χ3n) is 2.25. The maximum atomic E-state index is 8.97. The maximum Gasteiger partial charge on any atom is 0.499 e. The molecule has 0 amide bonds. The van der Waals surface area contributed by atoms with Crippen molar-refractivity contribution in [2.75, 3.05) is 0 Å². The van der Waals surface area contributed by atoms with Crippen LogP contribution in [0.25, 0.3) is 0 Å². The van der Waals surface area contributed by atoms with Gasteiger partial charge in [0, 0.05) is 15.6 Å². The Hall–Kier alpha value is -0.835. The van der Waals surface area contributed by atoms with Crippen LogP contribution in [0, 0.1) is 0 Å². The lowest BCUT2D eigenvalue weighted by Crippen LogP contribution is -2.26. The fourth-order valence-electron chi connectivity index (χ4n) is 1.50. The molecule has 2 N–H and O–H groups in total. The molecule has 0 bridgehead atoms. The summed E-state index contributed by atoms with van der Waals surface area (Å²) in [7, 11) is -1.34. The standard InChI is InChI=1S/C10H11BO2S/c12-11(13)10-7-6-9(14-10)8-4-2-1-3-5-8/h1-4,6-8,12-13H,5H2. The highest BCUT2D eigenvalue weighted by Crippen LogP contribution is 2.27. The Bertz CT molecular complexity index is 368. The van der Waals surface area contributed by atoms with Gasteiger partial charge in [-0.2, -0.15) is 0 Å². The zero-order chi connectivity index (χ0) is 9.97. The number of rotatable bonds is 2. The van der Waals surface area contributed by atoms with Crippen molar-refractivity contribution in [2.45, 2.75) is 12.3 Å². The van der Waals surface area contributed by atoms with E-state index in [1.165, 1.54) is 16.2 Å². The van der Waals surface area contributed by atoms with E-state index in [-0.39, 0.29) is 0 Å². The average Bonchev–Trinajstić information content (AvgIpc) is 2.68. The van der Waals surface area contributed by atoms with Crippen LogP contribution in [0.2, 0.25) is 0 Å². The molecule has 1 heterocycles. The highest BCUT2D eigenvalue weighted by atomic mass is 32.1. The molecule has 1 aliphatic carbocycles. The Morgan fingerprint density at radius 1 is 1.29 bits per heavy atom. The molecule has 0 saturated heterocycles. The van der Waals surface area contributed by atoms with Crippen LogP contribution in [0.3, 0.4) is 0 Å². The van der Waals surface area contributed by atoms with Gasteiger partial charge in [-0.05, 0) is 12.5 Å². The van der Waals surface area contributed by atoms with Crippen LogP contribution < -0.4 is 4.78 Å². The van der Waals surface area contributed by atoms with Gasteiger partial charge in [0.1, 0.15) is 0 Å². The van der Waals surface area contributed by atoms with Crippen molar-refractivity contribution in [3.63, 3.8) is 0 Å². The van der Waals surface area contributed by atoms with Crippen molar-refractivity contribution in [1.29, 1.82) is 0 Å². The maximum absolute atomic E-state index is 8.97. The van der Waals surface area contributed by atoms with Gasteiger partial charge in [-0.1, -0.05) is 30.4 Å². The first kappa shape index (κ1) is 9.71. The smallest absolute Gasteiger partial charge is 0.423 e. The summed E-state index contributed by atoms with van der Waals surface area (Å²) < 4.78 is 0.614. The summed E-state index contributed by atoms with van der Waals surface area (Å²) in [4.78, 5) is 1.19. The van der Waals surface area contributed by atoms with Gasteiger partial charge in [0.2, 0.25) is 0 Å². The molecule has 2 rings (SSSR count). The molecule has 1 aliphatic rings. The van der Waals surface area contributed by atoms with E-state index < -0.39 is 7.12 Å². The van der Waals surface area contributed by atoms with Crippen LogP contribution in [0.5, 0.6) is 0 Å². The highest BCUT2D eigenvalue weighted by molar-refractivity contribution is 7.22. The van der Waals surface area contributed by atoms with E-state index in [4.69, 9.17) is 10.0 Å². The van der Waals surface area contributed by atoms with Crippen molar-refractivity contribution in [2.24, 2.45) is 0 Å². The molecule has 1 unspecified atom stereocenters. The summed E-state index contributed by atoms with van der Waals surface area (Å²) in [5, 5.41) is 17.9. The van der Waals surface area contributed by atoms with Gasteiger partial charge < -0.3 is 10.0 Å². The molecule has 2 nitrogen and oxygen atoms in total. The summed E-state index contributed by atoms with van der Waals surface area (Å²) in [5.74, 6) is 0.400. The minimum absolute atomic E-state index is 0.400. The van der Waals surface area contributed by atoms with Gasteiger partial charge in [0.15, 0.2) is 0 Å². The zero-order valence-electron chi connectivity index (χ0n) is 7.63. The molecule has 72 valence electrons. The van der Waals surface area contributed by atoms with Gasteiger partial charge in [0.05, 0.1) is 0 Å². The molecule has 1 atom stereocenters. The van der Waals surface area contributed by atoms with Gasteiger partial charge >= 0.3 is 7.12 Å². The Balaban J connectivity index is 2.16. The molecule has 0 fully saturated rings. The van der Waals surface area contributed by atoms with E-state index in [2.05, 4.69) is 12.2 Å². The third kappa shape index (κ3) is 1.98. The summed E-state index contributed by atoms with van der Waals surface area (Å²) in [6.07, 6.45) is 9.33.